The van der Waals surface area contributed by atoms with Gasteiger partial charge in [0.1, 0.15) is 5.75 Å². The molecule has 0 aliphatic heterocycles. The van der Waals surface area contributed by atoms with Crippen LogP contribution < -0.4 is 10.1 Å². The third-order valence-corrected chi connectivity index (χ3v) is 4.34. The average molecular weight is 370 g/mol. The molecule has 0 aliphatic rings. The normalized spacial score (nSPS) is 10.9. The van der Waals surface area contributed by atoms with E-state index in [0.717, 1.165) is 27.8 Å². The summed E-state index contributed by atoms with van der Waals surface area (Å²) in [6.07, 6.45) is 0.0687. The molecule has 0 aromatic heterocycles. The number of halogens is 1. The van der Waals surface area contributed by atoms with Crippen molar-refractivity contribution in [3.8, 4) is 5.75 Å². The average Bonchev–Trinajstić information content (AvgIpc) is 2.60. The van der Waals surface area contributed by atoms with Gasteiger partial charge >= 0.3 is 5.97 Å². The van der Waals surface area contributed by atoms with E-state index in [2.05, 4.69) is 23.5 Å². The molecule has 3 aromatic carbocycles. The quantitative estimate of drug-likeness (QED) is 0.594. The highest BCUT2D eigenvalue weighted by atomic mass is 35.5. The number of rotatable bonds is 6. The van der Waals surface area contributed by atoms with Crippen LogP contribution in [0.4, 0.5) is 5.69 Å². The third kappa shape index (κ3) is 3.92. The van der Waals surface area contributed by atoms with Gasteiger partial charge in [-0.2, -0.15) is 0 Å². The SMILES string of the molecule is CC(C)Oc1ccc2ccccc2c1CNc1ccc(C(=O)O)c(Cl)c1. The molecule has 134 valence electrons. The number of benzene rings is 3. The molecule has 4 nitrogen and oxygen atoms in total. The largest absolute Gasteiger partial charge is 0.491 e. The molecule has 0 atom stereocenters. The van der Waals surface area contributed by atoms with Gasteiger partial charge in [0.2, 0.25) is 0 Å². The molecule has 26 heavy (non-hydrogen) atoms. The van der Waals surface area contributed by atoms with Crippen LogP contribution in [0.2, 0.25) is 5.02 Å². The van der Waals surface area contributed by atoms with Crippen LogP contribution in [0, 0.1) is 0 Å². The van der Waals surface area contributed by atoms with Gasteiger partial charge in [0.15, 0.2) is 0 Å². The fourth-order valence-corrected chi connectivity index (χ4v) is 3.11. The number of hydrogen-bond acceptors (Lipinski definition) is 3. The maximum absolute atomic E-state index is 11.1. The maximum Gasteiger partial charge on any atom is 0.337 e. The third-order valence-electron chi connectivity index (χ3n) is 4.03. The van der Waals surface area contributed by atoms with Crippen molar-refractivity contribution in [1.82, 2.24) is 0 Å². The zero-order chi connectivity index (χ0) is 18.7. The second-order valence-corrected chi connectivity index (χ2v) is 6.69. The minimum atomic E-state index is -1.04. The van der Waals surface area contributed by atoms with Crippen molar-refractivity contribution in [2.24, 2.45) is 0 Å². The van der Waals surface area contributed by atoms with E-state index < -0.39 is 5.97 Å². The number of aromatic carboxylic acids is 1. The van der Waals surface area contributed by atoms with Crippen molar-refractivity contribution in [3.63, 3.8) is 0 Å². The van der Waals surface area contributed by atoms with Gasteiger partial charge in [-0.1, -0.05) is 41.9 Å². The minimum absolute atomic E-state index is 0.0687. The van der Waals surface area contributed by atoms with Gasteiger partial charge in [0.05, 0.1) is 16.7 Å². The Balaban J connectivity index is 1.92. The van der Waals surface area contributed by atoms with Gasteiger partial charge in [0, 0.05) is 17.8 Å². The van der Waals surface area contributed by atoms with Crippen molar-refractivity contribution in [2.45, 2.75) is 26.5 Å². The number of carboxylic acid groups (broad SMARTS) is 1. The molecule has 0 radical (unpaired) electrons. The standard InChI is InChI=1S/C21H20ClNO3/c1-13(2)26-20-10-7-14-5-3-4-6-16(14)18(20)12-23-15-8-9-17(21(24)25)19(22)11-15/h3-11,13,23H,12H2,1-2H3,(H,24,25). The van der Waals surface area contributed by atoms with Crippen LogP contribution in [0.5, 0.6) is 5.75 Å². The van der Waals surface area contributed by atoms with E-state index in [9.17, 15) is 4.79 Å². The van der Waals surface area contributed by atoms with Gasteiger partial charge in [0.25, 0.3) is 0 Å². The van der Waals surface area contributed by atoms with E-state index in [4.69, 9.17) is 21.4 Å². The molecular formula is C21H20ClNO3. The van der Waals surface area contributed by atoms with E-state index in [0.29, 0.717) is 6.54 Å². The van der Waals surface area contributed by atoms with Crippen LogP contribution in [-0.4, -0.2) is 17.2 Å². The zero-order valence-electron chi connectivity index (χ0n) is 14.6. The smallest absolute Gasteiger partial charge is 0.337 e. The van der Waals surface area contributed by atoms with E-state index in [1.807, 2.05) is 32.0 Å². The lowest BCUT2D eigenvalue weighted by Crippen LogP contribution is -2.10. The molecule has 0 fully saturated rings. The summed E-state index contributed by atoms with van der Waals surface area (Å²) in [5.74, 6) is -0.206. The van der Waals surface area contributed by atoms with Crippen LogP contribution >= 0.6 is 11.6 Å². The highest BCUT2D eigenvalue weighted by Gasteiger charge is 2.12. The van der Waals surface area contributed by atoms with Crippen LogP contribution in [0.1, 0.15) is 29.8 Å². The van der Waals surface area contributed by atoms with E-state index in [-0.39, 0.29) is 16.7 Å². The van der Waals surface area contributed by atoms with Crippen molar-refractivity contribution in [2.75, 3.05) is 5.32 Å². The second kappa shape index (κ2) is 7.67. The Morgan fingerprint density at radius 3 is 2.62 bits per heavy atom. The van der Waals surface area contributed by atoms with Crippen molar-refractivity contribution in [1.29, 1.82) is 0 Å². The van der Waals surface area contributed by atoms with Crippen LogP contribution in [0.3, 0.4) is 0 Å². The number of hydrogen-bond donors (Lipinski definition) is 2. The fourth-order valence-electron chi connectivity index (χ4n) is 2.85. The van der Waals surface area contributed by atoms with Gasteiger partial charge in [-0.3, -0.25) is 0 Å². The highest BCUT2D eigenvalue weighted by Crippen LogP contribution is 2.30. The lowest BCUT2D eigenvalue weighted by atomic mass is 10.0. The molecule has 0 spiro atoms. The Hall–Kier alpha value is -2.72. The molecule has 0 unspecified atom stereocenters. The second-order valence-electron chi connectivity index (χ2n) is 6.28. The molecular weight excluding hydrogens is 350 g/mol. The first-order chi connectivity index (χ1) is 12.5. The van der Waals surface area contributed by atoms with Crippen molar-refractivity contribution >= 4 is 34.0 Å². The fraction of sp³-hybridized carbons (Fsp3) is 0.190. The summed E-state index contributed by atoms with van der Waals surface area (Å²) in [5.41, 5.74) is 1.89. The molecule has 3 aromatic rings. The Morgan fingerprint density at radius 1 is 1.15 bits per heavy atom. The summed E-state index contributed by atoms with van der Waals surface area (Å²) >= 11 is 6.06. The molecule has 0 bridgehead atoms. The Morgan fingerprint density at radius 2 is 1.92 bits per heavy atom. The first-order valence-corrected chi connectivity index (χ1v) is 8.77. The number of fused-ring (bicyclic) bond motifs is 1. The molecule has 0 heterocycles. The summed E-state index contributed by atoms with van der Waals surface area (Å²) in [7, 11) is 0. The molecule has 2 N–H and O–H groups in total. The van der Waals surface area contributed by atoms with Gasteiger partial charge in [-0.05, 0) is 48.9 Å². The maximum atomic E-state index is 11.1. The zero-order valence-corrected chi connectivity index (χ0v) is 15.4. The number of nitrogens with one attached hydrogen (secondary N) is 1. The van der Waals surface area contributed by atoms with Crippen molar-refractivity contribution < 1.29 is 14.6 Å². The summed E-state index contributed by atoms with van der Waals surface area (Å²) in [6, 6.07) is 17.0. The lowest BCUT2D eigenvalue weighted by Gasteiger charge is -2.17. The lowest BCUT2D eigenvalue weighted by molar-refractivity contribution is 0.0697. The minimum Gasteiger partial charge on any atom is -0.491 e. The van der Waals surface area contributed by atoms with Gasteiger partial charge in [-0.15, -0.1) is 0 Å². The Bertz CT molecular complexity index is 953. The molecule has 0 amide bonds. The predicted molar refractivity (Wildman–Crippen MR) is 105 cm³/mol. The summed E-state index contributed by atoms with van der Waals surface area (Å²) in [4.78, 5) is 11.1. The molecule has 5 heteroatoms. The van der Waals surface area contributed by atoms with Crippen LogP contribution in [0.25, 0.3) is 10.8 Å². The number of anilines is 1. The van der Waals surface area contributed by atoms with Gasteiger partial charge in [-0.25, -0.2) is 4.79 Å². The first-order valence-electron chi connectivity index (χ1n) is 8.39. The Kier molecular flexibility index (Phi) is 5.33. The van der Waals surface area contributed by atoms with Gasteiger partial charge < -0.3 is 15.2 Å². The van der Waals surface area contributed by atoms with Crippen LogP contribution in [0.15, 0.2) is 54.6 Å². The molecule has 0 aliphatic carbocycles. The van der Waals surface area contributed by atoms with Crippen LogP contribution in [-0.2, 0) is 6.54 Å². The monoisotopic (exact) mass is 369 g/mol. The highest BCUT2D eigenvalue weighted by molar-refractivity contribution is 6.33. The number of ether oxygens (including phenoxy) is 1. The molecule has 0 saturated carbocycles. The molecule has 0 saturated heterocycles. The summed E-state index contributed by atoms with van der Waals surface area (Å²) < 4.78 is 5.97. The number of carbonyl (C=O) groups is 1. The molecule has 3 rings (SSSR count). The summed E-state index contributed by atoms with van der Waals surface area (Å²) in [6.45, 7) is 4.53. The predicted octanol–water partition coefficient (Wildman–Crippen LogP) is 5.59. The van der Waals surface area contributed by atoms with Crippen molar-refractivity contribution in [3.05, 3.63) is 70.7 Å². The van der Waals surface area contributed by atoms with E-state index in [1.54, 1.807) is 12.1 Å². The topological polar surface area (TPSA) is 58.6 Å². The Labute approximate surface area is 157 Å². The van der Waals surface area contributed by atoms with E-state index >= 15 is 0 Å². The van der Waals surface area contributed by atoms with E-state index in [1.165, 1.54) is 6.07 Å². The first kappa shape index (κ1) is 18.1. The number of carboxylic acids is 1. The summed E-state index contributed by atoms with van der Waals surface area (Å²) in [5, 5.41) is 14.9.